The summed E-state index contributed by atoms with van der Waals surface area (Å²) >= 11 is 0. The number of nitrogens with one attached hydrogen (secondary N) is 1. The van der Waals surface area contributed by atoms with Gasteiger partial charge in [-0.3, -0.25) is 9.69 Å². The predicted octanol–water partition coefficient (Wildman–Crippen LogP) is 6.06. The molecular weight excluding hydrogens is 574 g/mol. The van der Waals surface area contributed by atoms with Crippen molar-refractivity contribution in [2.45, 2.75) is 57.6 Å². The van der Waals surface area contributed by atoms with Crippen LogP contribution >= 0.6 is 0 Å². The maximum absolute atomic E-state index is 13.5. The van der Waals surface area contributed by atoms with Crippen LogP contribution in [0.2, 0.25) is 0 Å². The lowest BCUT2D eigenvalue weighted by molar-refractivity contribution is -0.0173. The van der Waals surface area contributed by atoms with Crippen molar-refractivity contribution in [1.29, 1.82) is 0 Å². The molecule has 1 saturated heterocycles. The average Bonchev–Trinajstić information content (AvgIpc) is 3.02. The molecule has 2 fully saturated rings. The molecule has 1 heterocycles. The van der Waals surface area contributed by atoms with Crippen molar-refractivity contribution in [3.05, 3.63) is 95.6 Å². The summed E-state index contributed by atoms with van der Waals surface area (Å²) in [7, 11) is -3.79. The van der Waals surface area contributed by atoms with Crippen LogP contribution in [0.3, 0.4) is 0 Å². The fraction of sp³-hybridized carbons (Fsp3) is 0.429. The molecule has 5 rings (SSSR count). The SMILES string of the molecule is CC1CCC(C(C)C)C(OC(=O)c2ccccc2NC(=O)c2cccc(S(=O)(=O)N3CCN(Cc4ccccc4)CC3)c2)C1. The third-order valence-corrected chi connectivity index (χ3v) is 10.8. The van der Waals surface area contributed by atoms with Crippen LogP contribution in [-0.4, -0.2) is 61.8 Å². The molecule has 3 unspecified atom stereocenters. The molecule has 3 aromatic rings. The number of para-hydroxylation sites is 1. The number of carbonyl (C=O) groups is 2. The van der Waals surface area contributed by atoms with E-state index in [4.69, 9.17) is 4.74 Å². The van der Waals surface area contributed by atoms with Gasteiger partial charge in [0.15, 0.2) is 0 Å². The van der Waals surface area contributed by atoms with Crippen molar-refractivity contribution >= 4 is 27.6 Å². The molecule has 1 saturated carbocycles. The van der Waals surface area contributed by atoms with Gasteiger partial charge in [0.05, 0.1) is 16.1 Å². The zero-order chi connectivity index (χ0) is 31.3. The highest BCUT2D eigenvalue weighted by Crippen LogP contribution is 2.36. The molecule has 1 amide bonds. The zero-order valence-electron chi connectivity index (χ0n) is 25.8. The molecular formula is C35H43N3O5S. The van der Waals surface area contributed by atoms with Gasteiger partial charge >= 0.3 is 5.97 Å². The van der Waals surface area contributed by atoms with Gasteiger partial charge in [0.1, 0.15) is 6.10 Å². The standard InChI is InChI=1S/C35H43N3O5S/c1-25(2)30-17-16-26(3)22-33(30)43-35(40)31-14-7-8-15-32(31)36-34(39)28-12-9-13-29(23-28)44(41,42)38-20-18-37(19-21-38)24-27-10-5-4-6-11-27/h4-15,23,25-26,30,33H,16-22,24H2,1-3H3,(H,36,39). The minimum atomic E-state index is -3.79. The Hall–Kier alpha value is -3.53. The van der Waals surface area contributed by atoms with E-state index in [-0.39, 0.29) is 22.1 Å². The summed E-state index contributed by atoms with van der Waals surface area (Å²) in [6.07, 6.45) is 2.81. The third-order valence-electron chi connectivity index (χ3n) is 8.93. The lowest BCUT2D eigenvalue weighted by Gasteiger charge is -2.36. The molecule has 0 aromatic heterocycles. The second-order valence-electron chi connectivity index (χ2n) is 12.5. The Labute approximate surface area is 261 Å². The van der Waals surface area contributed by atoms with Crippen molar-refractivity contribution in [3.8, 4) is 0 Å². The van der Waals surface area contributed by atoms with Crippen molar-refractivity contribution in [3.63, 3.8) is 0 Å². The highest BCUT2D eigenvalue weighted by Gasteiger charge is 2.34. The quantitative estimate of drug-likeness (QED) is 0.293. The number of carbonyl (C=O) groups excluding carboxylic acids is 2. The summed E-state index contributed by atoms with van der Waals surface area (Å²) in [5, 5.41) is 2.82. The summed E-state index contributed by atoms with van der Waals surface area (Å²) in [4.78, 5) is 29.0. The largest absolute Gasteiger partial charge is 0.458 e. The molecule has 9 heteroatoms. The second kappa shape index (κ2) is 14.1. The van der Waals surface area contributed by atoms with Gasteiger partial charge in [0.25, 0.3) is 5.91 Å². The van der Waals surface area contributed by atoms with Crippen LogP contribution in [-0.2, 0) is 21.3 Å². The van der Waals surface area contributed by atoms with Gasteiger partial charge < -0.3 is 10.1 Å². The molecule has 44 heavy (non-hydrogen) atoms. The van der Waals surface area contributed by atoms with E-state index in [2.05, 4.69) is 43.1 Å². The number of anilines is 1. The fourth-order valence-corrected chi connectivity index (χ4v) is 7.80. The van der Waals surface area contributed by atoms with Crippen LogP contribution in [0.25, 0.3) is 0 Å². The van der Waals surface area contributed by atoms with E-state index in [0.29, 0.717) is 49.6 Å². The second-order valence-corrected chi connectivity index (χ2v) is 14.4. The van der Waals surface area contributed by atoms with Crippen LogP contribution in [0.4, 0.5) is 5.69 Å². The molecule has 1 aliphatic heterocycles. The average molecular weight is 618 g/mol. The first-order valence-corrected chi connectivity index (χ1v) is 17.0. The van der Waals surface area contributed by atoms with E-state index < -0.39 is 21.9 Å². The zero-order valence-corrected chi connectivity index (χ0v) is 26.6. The number of rotatable bonds is 9. The molecule has 1 aliphatic carbocycles. The first-order chi connectivity index (χ1) is 21.1. The van der Waals surface area contributed by atoms with Gasteiger partial charge in [-0.2, -0.15) is 4.31 Å². The first kappa shape index (κ1) is 31.9. The lowest BCUT2D eigenvalue weighted by Crippen LogP contribution is -2.48. The molecule has 3 aromatic carbocycles. The van der Waals surface area contributed by atoms with Gasteiger partial charge in [-0.15, -0.1) is 0 Å². The number of nitrogens with zero attached hydrogens (tertiary/aromatic N) is 2. The minimum absolute atomic E-state index is 0.0699. The Morgan fingerprint density at radius 2 is 1.61 bits per heavy atom. The minimum Gasteiger partial charge on any atom is -0.458 e. The van der Waals surface area contributed by atoms with Gasteiger partial charge in [-0.05, 0) is 66.5 Å². The van der Waals surface area contributed by atoms with Crippen molar-refractivity contribution < 1.29 is 22.7 Å². The van der Waals surface area contributed by atoms with Crippen LogP contribution in [0.15, 0.2) is 83.8 Å². The Morgan fingerprint density at radius 3 is 2.34 bits per heavy atom. The van der Waals surface area contributed by atoms with Crippen LogP contribution in [0.5, 0.6) is 0 Å². The lowest BCUT2D eigenvalue weighted by atomic mass is 9.75. The fourth-order valence-electron chi connectivity index (χ4n) is 6.33. The number of sulfonamides is 1. The molecule has 0 bridgehead atoms. The Bertz CT molecular complexity index is 1550. The number of benzene rings is 3. The number of amides is 1. The molecule has 234 valence electrons. The monoisotopic (exact) mass is 617 g/mol. The molecule has 2 aliphatic rings. The maximum Gasteiger partial charge on any atom is 0.340 e. The van der Waals surface area contributed by atoms with Crippen LogP contribution in [0.1, 0.15) is 66.3 Å². The maximum atomic E-state index is 13.5. The normalized spacial score (nSPS) is 21.6. The van der Waals surface area contributed by atoms with E-state index in [1.54, 1.807) is 36.4 Å². The van der Waals surface area contributed by atoms with Crippen molar-refractivity contribution in [2.75, 3.05) is 31.5 Å². The van der Waals surface area contributed by atoms with Crippen molar-refractivity contribution in [1.82, 2.24) is 9.21 Å². The van der Waals surface area contributed by atoms with E-state index in [1.807, 2.05) is 18.2 Å². The molecule has 8 nitrogen and oxygen atoms in total. The van der Waals surface area contributed by atoms with Gasteiger partial charge in [-0.25, -0.2) is 13.2 Å². The van der Waals surface area contributed by atoms with Crippen LogP contribution < -0.4 is 5.32 Å². The Morgan fingerprint density at radius 1 is 0.909 bits per heavy atom. The van der Waals surface area contributed by atoms with Crippen molar-refractivity contribution in [2.24, 2.45) is 17.8 Å². The predicted molar refractivity (Wildman–Crippen MR) is 172 cm³/mol. The summed E-state index contributed by atoms with van der Waals surface area (Å²) in [6, 6.07) is 23.0. The topological polar surface area (TPSA) is 96.0 Å². The Balaban J connectivity index is 1.25. The summed E-state index contributed by atoms with van der Waals surface area (Å²) in [5.41, 5.74) is 1.99. The van der Waals surface area contributed by atoms with E-state index in [1.165, 1.54) is 22.0 Å². The van der Waals surface area contributed by atoms with E-state index in [9.17, 15) is 18.0 Å². The summed E-state index contributed by atoms with van der Waals surface area (Å²) in [5.74, 6) is 0.222. The van der Waals surface area contributed by atoms with Gasteiger partial charge in [0, 0.05) is 38.3 Å². The number of piperazine rings is 1. The number of hydrogen-bond donors (Lipinski definition) is 1. The van der Waals surface area contributed by atoms with Gasteiger partial charge in [-0.1, -0.05) is 75.7 Å². The molecule has 3 atom stereocenters. The highest BCUT2D eigenvalue weighted by molar-refractivity contribution is 7.89. The highest BCUT2D eigenvalue weighted by atomic mass is 32.2. The molecule has 0 radical (unpaired) electrons. The number of hydrogen-bond acceptors (Lipinski definition) is 6. The van der Waals surface area contributed by atoms with E-state index in [0.717, 1.165) is 25.8 Å². The Kier molecular flexibility index (Phi) is 10.2. The van der Waals surface area contributed by atoms with Gasteiger partial charge in [0.2, 0.25) is 10.0 Å². The summed E-state index contributed by atoms with van der Waals surface area (Å²) < 4.78 is 34.6. The number of ether oxygens (including phenoxy) is 1. The number of esters is 1. The van der Waals surface area contributed by atoms with E-state index >= 15 is 0 Å². The molecule has 0 spiro atoms. The third kappa shape index (κ3) is 7.57. The smallest absolute Gasteiger partial charge is 0.340 e. The molecule has 1 N–H and O–H groups in total. The van der Waals surface area contributed by atoms with Crippen LogP contribution in [0, 0.1) is 17.8 Å². The summed E-state index contributed by atoms with van der Waals surface area (Å²) in [6.45, 7) is 9.28. The first-order valence-electron chi connectivity index (χ1n) is 15.6.